The maximum Gasteiger partial charge on any atom is 0.191 e. The zero-order valence-electron chi connectivity index (χ0n) is 17.3. The third-order valence-electron chi connectivity index (χ3n) is 5.02. The number of aromatic nitrogens is 1. The van der Waals surface area contributed by atoms with Crippen molar-refractivity contribution < 1.29 is 4.74 Å². The predicted molar refractivity (Wildman–Crippen MR) is 118 cm³/mol. The van der Waals surface area contributed by atoms with Crippen LogP contribution in [-0.2, 0) is 6.42 Å². The van der Waals surface area contributed by atoms with Crippen molar-refractivity contribution in [1.29, 1.82) is 0 Å². The van der Waals surface area contributed by atoms with Crippen molar-refractivity contribution in [3.05, 3.63) is 40.4 Å². The van der Waals surface area contributed by atoms with Crippen molar-refractivity contribution in [3.8, 4) is 5.75 Å². The van der Waals surface area contributed by atoms with Gasteiger partial charge in [0.1, 0.15) is 5.75 Å². The first-order chi connectivity index (χ1) is 13.6. The van der Waals surface area contributed by atoms with E-state index in [9.17, 15) is 0 Å². The Morgan fingerprint density at radius 3 is 2.86 bits per heavy atom. The Labute approximate surface area is 172 Å². The summed E-state index contributed by atoms with van der Waals surface area (Å²) in [6.07, 6.45) is 3.44. The number of aliphatic imine (C=N–C) groups is 1. The Bertz CT molecular complexity index is 798. The molecular weight excluding hydrogens is 370 g/mol. The second kappa shape index (κ2) is 9.78. The normalized spacial score (nSPS) is 15.6. The van der Waals surface area contributed by atoms with Gasteiger partial charge in [-0.05, 0) is 32.8 Å². The van der Waals surface area contributed by atoms with Gasteiger partial charge in [-0.2, -0.15) is 0 Å². The second-order valence-corrected chi connectivity index (χ2v) is 8.01. The molecule has 1 unspecified atom stereocenters. The fourth-order valence-corrected chi connectivity index (χ4v) is 4.36. The molecule has 1 aromatic heterocycles. The van der Waals surface area contributed by atoms with Gasteiger partial charge in [0.15, 0.2) is 11.1 Å². The molecular formula is C21H31N5OS. The van der Waals surface area contributed by atoms with Crippen LogP contribution in [-0.4, -0.2) is 44.7 Å². The number of guanidine groups is 1. The largest absolute Gasteiger partial charge is 0.496 e. The molecule has 0 aliphatic carbocycles. The maximum atomic E-state index is 5.51. The Kier molecular flexibility index (Phi) is 7.14. The number of anilines is 1. The summed E-state index contributed by atoms with van der Waals surface area (Å²) >= 11 is 1.75. The van der Waals surface area contributed by atoms with Crippen LogP contribution in [0.4, 0.5) is 5.13 Å². The van der Waals surface area contributed by atoms with E-state index < -0.39 is 0 Å². The van der Waals surface area contributed by atoms with Crippen molar-refractivity contribution in [2.75, 3.05) is 38.7 Å². The van der Waals surface area contributed by atoms with E-state index in [2.05, 4.69) is 51.9 Å². The number of nitrogens with one attached hydrogen (secondary N) is 2. The molecule has 3 rings (SSSR count). The molecule has 1 aliphatic heterocycles. The van der Waals surface area contributed by atoms with Crippen LogP contribution >= 0.6 is 11.3 Å². The van der Waals surface area contributed by atoms with Crippen LogP contribution in [0, 0.1) is 6.92 Å². The van der Waals surface area contributed by atoms with E-state index in [1.807, 2.05) is 6.07 Å². The molecule has 2 heterocycles. The van der Waals surface area contributed by atoms with Crippen LogP contribution in [0.2, 0.25) is 0 Å². The van der Waals surface area contributed by atoms with Crippen LogP contribution in [0.3, 0.4) is 0 Å². The number of thiazole rings is 1. The minimum atomic E-state index is 0.0853. The van der Waals surface area contributed by atoms with Crippen molar-refractivity contribution >= 4 is 22.4 Å². The Hall–Kier alpha value is -2.28. The third kappa shape index (κ3) is 5.16. The SMILES string of the molecule is CN=C(NCCc1csc(N2CCCC2)n1)NC(C)c1cc(C)ccc1OC. The Morgan fingerprint density at radius 2 is 2.14 bits per heavy atom. The molecule has 2 aromatic rings. The van der Waals surface area contributed by atoms with E-state index in [-0.39, 0.29) is 6.04 Å². The molecule has 152 valence electrons. The molecule has 0 spiro atoms. The smallest absolute Gasteiger partial charge is 0.191 e. The van der Waals surface area contributed by atoms with Gasteiger partial charge < -0.3 is 20.3 Å². The van der Waals surface area contributed by atoms with Gasteiger partial charge in [-0.25, -0.2) is 4.98 Å². The van der Waals surface area contributed by atoms with Gasteiger partial charge in [0.25, 0.3) is 0 Å². The molecule has 28 heavy (non-hydrogen) atoms. The van der Waals surface area contributed by atoms with Gasteiger partial charge >= 0.3 is 0 Å². The highest BCUT2D eigenvalue weighted by molar-refractivity contribution is 7.13. The first kappa shape index (κ1) is 20.5. The number of ether oxygens (including phenoxy) is 1. The molecule has 7 heteroatoms. The average Bonchev–Trinajstić information content (AvgIpc) is 3.38. The van der Waals surface area contributed by atoms with Crippen LogP contribution in [0.5, 0.6) is 5.75 Å². The lowest BCUT2D eigenvalue weighted by Crippen LogP contribution is -2.39. The molecule has 1 aromatic carbocycles. The van der Waals surface area contributed by atoms with Crippen molar-refractivity contribution in [2.24, 2.45) is 4.99 Å². The van der Waals surface area contributed by atoms with Gasteiger partial charge in [0.05, 0.1) is 18.8 Å². The highest BCUT2D eigenvalue weighted by atomic mass is 32.1. The summed E-state index contributed by atoms with van der Waals surface area (Å²) in [6.45, 7) is 7.28. The first-order valence-electron chi connectivity index (χ1n) is 9.91. The summed E-state index contributed by atoms with van der Waals surface area (Å²) in [4.78, 5) is 11.5. The monoisotopic (exact) mass is 401 g/mol. The van der Waals surface area contributed by atoms with Crippen LogP contribution in [0.1, 0.15) is 42.6 Å². The number of methoxy groups -OCH3 is 1. The van der Waals surface area contributed by atoms with Crippen LogP contribution in [0.15, 0.2) is 28.6 Å². The number of hydrogen-bond acceptors (Lipinski definition) is 5. The molecule has 1 atom stereocenters. The summed E-state index contributed by atoms with van der Waals surface area (Å²) in [5.41, 5.74) is 3.48. The highest BCUT2D eigenvalue weighted by Gasteiger charge is 2.16. The summed E-state index contributed by atoms with van der Waals surface area (Å²) in [5.74, 6) is 1.67. The van der Waals surface area contributed by atoms with E-state index in [0.717, 1.165) is 54.2 Å². The molecule has 0 saturated carbocycles. The molecule has 0 bridgehead atoms. The molecule has 0 radical (unpaired) electrons. The Morgan fingerprint density at radius 1 is 1.36 bits per heavy atom. The van der Waals surface area contributed by atoms with Gasteiger partial charge in [0.2, 0.25) is 0 Å². The number of hydrogen-bond donors (Lipinski definition) is 2. The molecule has 1 aliphatic rings. The molecule has 1 saturated heterocycles. The average molecular weight is 402 g/mol. The van der Waals surface area contributed by atoms with E-state index in [1.54, 1.807) is 25.5 Å². The van der Waals surface area contributed by atoms with Crippen LogP contribution in [0.25, 0.3) is 0 Å². The standard InChI is InChI=1S/C21H31N5OS/c1-15-7-8-19(27-4)18(13-15)16(2)24-20(22-3)23-10-9-17-14-28-21(25-17)26-11-5-6-12-26/h7-8,13-14,16H,5-6,9-12H2,1-4H3,(H2,22,23,24). The van der Waals surface area contributed by atoms with E-state index in [4.69, 9.17) is 9.72 Å². The fourth-order valence-electron chi connectivity index (χ4n) is 3.44. The second-order valence-electron chi connectivity index (χ2n) is 7.18. The minimum absolute atomic E-state index is 0.0853. The lowest BCUT2D eigenvalue weighted by Gasteiger charge is -2.20. The number of nitrogens with zero attached hydrogens (tertiary/aromatic N) is 3. The van der Waals surface area contributed by atoms with Crippen molar-refractivity contribution in [1.82, 2.24) is 15.6 Å². The summed E-state index contributed by atoms with van der Waals surface area (Å²) in [7, 11) is 3.50. The molecule has 2 N–H and O–H groups in total. The van der Waals surface area contributed by atoms with E-state index in [1.165, 1.54) is 18.4 Å². The predicted octanol–water partition coefficient (Wildman–Crippen LogP) is 3.53. The molecule has 0 amide bonds. The first-order valence-corrected chi connectivity index (χ1v) is 10.8. The number of aryl methyl sites for hydroxylation is 1. The van der Waals surface area contributed by atoms with Gasteiger partial charge in [0, 0.05) is 44.0 Å². The lowest BCUT2D eigenvalue weighted by atomic mass is 10.0. The zero-order chi connectivity index (χ0) is 19.9. The number of rotatable bonds is 7. The minimum Gasteiger partial charge on any atom is -0.496 e. The number of benzene rings is 1. The third-order valence-corrected chi connectivity index (χ3v) is 5.97. The van der Waals surface area contributed by atoms with Crippen molar-refractivity contribution in [3.63, 3.8) is 0 Å². The van der Waals surface area contributed by atoms with Crippen LogP contribution < -0.4 is 20.3 Å². The quantitative estimate of drug-likeness (QED) is 0.549. The topological polar surface area (TPSA) is 61.8 Å². The summed E-state index contributed by atoms with van der Waals surface area (Å²) in [6, 6.07) is 6.31. The highest BCUT2D eigenvalue weighted by Crippen LogP contribution is 2.26. The fraction of sp³-hybridized carbons (Fsp3) is 0.524. The van der Waals surface area contributed by atoms with E-state index in [0.29, 0.717) is 0 Å². The van der Waals surface area contributed by atoms with Gasteiger partial charge in [-0.15, -0.1) is 11.3 Å². The van der Waals surface area contributed by atoms with Crippen molar-refractivity contribution in [2.45, 2.75) is 39.2 Å². The lowest BCUT2D eigenvalue weighted by molar-refractivity contribution is 0.405. The molecule has 6 nitrogen and oxygen atoms in total. The van der Waals surface area contributed by atoms with E-state index >= 15 is 0 Å². The van der Waals surface area contributed by atoms with Gasteiger partial charge in [-0.3, -0.25) is 4.99 Å². The summed E-state index contributed by atoms with van der Waals surface area (Å²) in [5, 5.41) is 10.2. The molecule has 1 fully saturated rings. The van der Waals surface area contributed by atoms with Gasteiger partial charge in [-0.1, -0.05) is 17.7 Å². The maximum absolute atomic E-state index is 5.51. The Balaban J connectivity index is 1.51. The zero-order valence-corrected chi connectivity index (χ0v) is 18.1. The summed E-state index contributed by atoms with van der Waals surface area (Å²) < 4.78 is 5.51.